The van der Waals surface area contributed by atoms with Crippen LogP contribution in [-0.2, 0) is 17.9 Å². The van der Waals surface area contributed by atoms with E-state index in [0.29, 0.717) is 36.8 Å². The Labute approximate surface area is 155 Å². The van der Waals surface area contributed by atoms with Gasteiger partial charge in [0.05, 0.1) is 14.2 Å². The average Bonchev–Trinajstić information content (AvgIpc) is 2.98. The van der Waals surface area contributed by atoms with Crippen LogP contribution in [0.3, 0.4) is 0 Å². The van der Waals surface area contributed by atoms with Crippen molar-refractivity contribution < 1.29 is 19.1 Å². The molecule has 1 aromatic carbocycles. The summed E-state index contributed by atoms with van der Waals surface area (Å²) in [6.45, 7) is 2.92. The lowest BCUT2D eigenvalue weighted by Gasteiger charge is -2.24. The maximum Gasteiger partial charge on any atom is 0.346 e. The second-order valence-electron chi connectivity index (χ2n) is 5.92. The van der Waals surface area contributed by atoms with Gasteiger partial charge >= 0.3 is 5.69 Å². The fourth-order valence-electron chi connectivity index (χ4n) is 2.92. The van der Waals surface area contributed by atoms with Crippen LogP contribution in [0.15, 0.2) is 23.0 Å². The molecule has 0 atom stereocenters. The molecule has 0 unspecified atom stereocenters. The van der Waals surface area contributed by atoms with Gasteiger partial charge in [-0.25, -0.2) is 9.48 Å². The third kappa shape index (κ3) is 3.50. The molecule has 0 spiro atoms. The lowest BCUT2D eigenvalue weighted by molar-refractivity contribution is -0.117. The number of nitrogens with zero attached hydrogens (tertiary/aromatic N) is 4. The molecular formula is C17H21N5O5. The first kappa shape index (κ1) is 18.5. The molecule has 0 fully saturated rings. The zero-order valence-electron chi connectivity index (χ0n) is 15.4. The van der Waals surface area contributed by atoms with E-state index < -0.39 is 11.6 Å². The predicted molar refractivity (Wildman–Crippen MR) is 96.2 cm³/mol. The van der Waals surface area contributed by atoms with E-state index in [4.69, 9.17) is 9.47 Å². The van der Waals surface area contributed by atoms with Crippen molar-refractivity contribution >= 4 is 17.5 Å². The Bertz CT molecular complexity index is 932. The van der Waals surface area contributed by atoms with Gasteiger partial charge in [0.2, 0.25) is 11.7 Å². The van der Waals surface area contributed by atoms with Crippen LogP contribution in [0.1, 0.15) is 17.5 Å². The van der Waals surface area contributed by atoms with Crippen molar-refractivity contribution in [3.63, 3.8) is 0 Å². The lowest BCUT2D eigenvalue weighted by atomic mass is 10.2. The molecule has 2 heterocycles. The number of aromatic nitrogens is 3. The van der Waals surface area contributed by atoms with Crippen LogP contribution in [0.5, 0.6) is 11.5 Å². The molecule has 0 saturated heterocycles. The molecule has 10 heteroatoms. The maximum absolute atomic E-state index is 12.4. The summed E-state index contributed by atoms with van der Waals surface area (Å²) in [5.74, 6) is 0.314. The summed E-state index contributed by atoms with van der Waals surface area (Å²) in [5.41, 5.74) is 0.0134. The topological polar surface area (TPSA) is 108 Å². The summed E-state index contributed by atoms with van der Waals surface area (Å²) in [6.07, 6.45) is 0. The number of methoxy groups -OCH3 is 2. The Morgan fingerprint density at radius 3 is 2.59 bits per heavy atom. The molecule has 0 radical (unpaired) electrons. The van der Waals surface area contributed by atoms with E-state index in [2.05, 4.69) is 10.4 Å². The summed E-state index contributed by atoms with van der Waals surface area (Å²) in [7, 11) is 3.01. The molecule has 0 bridgehead atoms. The van der Waals surface area contributed by atoms with E-state index in [-0.39, 0.29) is 18.3 Å². The van der Waals surface area contributed by atoms with Crippen molar-refractivity contribution in [2.24, 2.45) is 0 Å². The van der Waals surface area contributed by atoms with Crippen LogP contribution in [-0.4, -0.2) is 58.4 Å². The van der Waals surface area contributed by atoms with Crippen LogP contribution >= 0.6 is 0 Å². The molecule has 10 nitrogen and oxygen atoms in total. The number of carbonyl (C=O) groups excluding carboxylic acids is 2. The van der Waals surface area contributed by atoms with E-state index in [1.54, 1.807) is 23.1 Å². The highest BCUT2D eigenvalue weighted by Crippen LogP contribution is 2.29. The molecule has 1 aromatic heterocycles. The number of hydrogen-bond acceptors (Lipinski definition) is 6. The number of nitrogens with one attached hydrogen (secondary N) is 1. The summed E-state index contributed by atoms with van der Waals surface area (Å²) >= 11 is 0. The zero-order valence-corrected chi connectivity index (χ0v) is 15.4. The van der Waals surface area contributed by atoms with Gasteiger partial charge in [-0.1, -0.05) is 0 Å². The largest absolute Gasteiger partial charge is 0.493 e. The van der Waals surface area contributed by atoms with Crippen LogP contribution in [0.4, 0.5) is 5.69 Å². The van der Waals surface area contributed by atoms with E-state index in [0.717, 1.165) is 4.68 Å². The Balaban J connectivity index is 1.76. The van der Waals surface area contributed by atoms with Gasteiger partial charge in [-0.05, 0) is 19.1 Å². The van der Waals surface area contributed by atoms with Crippen molar-refractivity contribution in [1.82, 2.24) is 19.2 Å². The first-order valence-electron chi connectivity index (χ1n) is 8.47. The number of benzene rings is 1. The van der Waals surface area contributed by atoms with Crippen molar-refractivity contribution in [3.8, 4) is 11.5 Å². The van der Waals surface area contributed by atoms with Crippen LogP contribution in [0.25, 0.3) is 0 Å². The molecule has 1 aliphatic rings. The number of amides is 2. The average molecular weight is 375 g/mol. The van der Waals surface area contributed by atoms with E-state index >= 15 is 0 Å². The first-order chi connectivity index (χ1) is 13.0. The SMILES string of the molecule is CCN1CCn2c(nn(CC(=O)Nc3ccc(OC)c(OC)c3)c2=O)C1=O. The third-order valence-corrected chi connectivity index (χ3v) is 4.34. The Hall–Kier alpha value is -3.30. The highest BCUT2D eigenvalue weighted by molar-refractivity contribution is 5.92. The molecule has 2 aromatic rings. The molecular weight excluding hydrogens is 354 g/mol. The zero-order chi connectivity index (χ0) is 19.6. The Morgan fingerprint density at radius 2 is 1.93 bits per heavy atom. The number of likely N-dealkylation sites (N-methyl/N-ethyl adjacent to an activating group) is 1. The van der Waals surface area contributed by atoms with Crippen LogP contribution < -0.4 is 20.5 Å². The lowest BCUT2D eigenvalue weighted by Crippen LogP contribution is -2.42. The number of anilines is 1. The van der Waals surface area contributed by atoms with Gasteiger partial charge in [-0.2, -0.15) is 0 Å². The van der Waals surface area contributed by atoms with Gasteiger partial charge in [0.25, 0.3) is 5.91 Å². The molecule has 1 aliphatic heterocycles. The number of carbonyl (C=O) groups is 2. The summed E-state index contributed by atoms with van der Waals surface area (Å²) in [6, 6.07) is 4.93. The molecule has 1 N–H and O–H groups in total. The standard InChI is InChI=1S/C17H21N5O5/c1-4-20-7-8-21-15(16(20)24)19-22(17(21)25)10-14(23)18-11-5-6-12(26-2)13(9-11)27-3/h5-6,9H,4,7-8,10H2,1-3H3,(H,18,23). The van der Waals surface area contributed by atoms with Crippen molar-refractivity contribution in [2.75, 3.05) is 32.6 Å². The molecule has 3 rings (SSSR count). The smallest absolute Gasteiger partial charge is 0.346 e. The van der Waals surface area contributed by atoms with Crippen molar-refractivity contribution in [3.05, 3.63) is 34.5 Å². The van der Waals surface area contributed by atoms with Crippen LogP contribution in [0.2, 0.25) is 0 Å². The van der Waals surface area contributed by atoms with Gasteiger partial charge < -0.3 is 19.7 Å². The highest BCUT2D eigenvalue weighted by atomic mass is 16.5. The normalized spacial score (nSPS) is 13.3. The maximum atomic E-state index is 12.4. The third-order valence-electron chi connectivity index (χ3n) is 4.34. The molecule has 0 saturated carbocycles. The first-order valence-corrected chi connectivity index (χ1v) is 8.47. The number of fused-ring (bicyclic) bond motifs is 1. The fourth-order valence-corrected chi connectivity index (χ4v) is 2.92. The number of rotatable bonds is 6. The predicted octanol–water partition coefficient (Wildman–Crippen LogP) is 0.176. The number of hydrogen-bond donors (Lipinski definition) is 1. The Morgan fingerprint density at radius 1 is 1.19 bits per heavy atom. The summed E-state index contributed by atoms with van der Waals surface area (Å²) in [5, 5.41) is 6.72. The number of ether oxygens (including phenoxy) is 2. The van der Waals surface area contributed by atoms with Crippen molar-refractivity contribution in [2.45, 2.75) is 20.0 Å². The summed E-state index contributed by atoms with van der Waals surface area (Å²) in [4.78, 5) is 38.6. The summed E-state index contributed by atoms with van der Waals surface area (Å²) < 4.78 is 12.7. The second-order valence-corrected chi connectivity index (χ2v) is 5.92. The highest BCUT2D eigenvalue weighted by Gasteiger charge is 2.29. The van der Waals surface area contributed by atoms with Gasteiger partial charge in [0.1, 0.15) is 6.54 Å². The molecule has 144 valence electrons. The minimum Gasteiger partial charge on any atom is -0.493 e. The minimum absolute atomic E-state index is 0.0621. The fraction of sp³-hybridized carbons (Fsp3) is 0.412. The van der Waals surface area contributed by atoms with Gasteiger partial charge in [0, 0.05) is 31.4 Å². The monoisotopic (exact) mass is 375 g/mol. The van der Waals surface area contributed by atoms with Gasteiger partial charge in [-0.3, -0.25) is 14.2 Å². The quantitative estimate of drug-likeness (QED) is 0.772. The van der Waals surface area contributed by atoms with Crippen LogP contribution in [0, 0.1) is 0 Å². The van der Waals surface area contributed by atoms with E-state index in [1.807, 2.05) is 6.92 Å². The van der Waals surface area contributed by atoms with Gasteiger partial charge in [-0.15, -0.1) is 5.10 Å². The molecule has 2 amide bonds. The van der Waals surface area contributed by atoms with E-state index in [9.17, 15) is 14.4 Å². The Kier molecular flexibility index (Phi) is 5.15. The second kappa shape index (κ2) is 7.52. The van der Waals surface area contributed by atoms with Gasteiger partial charge in [0.15, 0.2) is 11.5 Å². The molecule has 27 heavy (non-hydrogen) atoms. The van der Waals surface area contributed by atoms with E-state index in [1.165, 1.54) is 18.8 Å². The minimum atomic E-state index is -0.475. The van der Waals surface area contributed by atoms with Crippen molar-refractivity contribution in [1.29, 1.82) is 0 Å². The molecule has 0 aliphatic carbocycles.